The minimum Gasteiger partial charge on any atom is -0.457 e. The van der Waals surface area contributed by atoms with Crippen LogP contribution in [0.4, 0.5) is 11.4 Å². The number of hydrazone groups is 1. The van der Waals surface area contributed by atoms with Gasteiger partial charge in [0.2, 0.25) is 5.76 Å². The summed E-state index contributed by atoms with van der Waals surface area (Å²) in [5.74, 6) is -0.0638. The van der Waals surface area contributed by atoms with E-state index >= 15 is 0 Å². The molecule has 130 valence electrons. The van der Waals surface area contributed by atoms with Crippen LogP contribution in [0, 0.1) is 10.1 Å². The fourth-order valence-corrected chi connectivity index (χ4v) is 2.01. The van der Waals surface area contributed by atoms with Crippen molar-refractivity contribution < 1.29 is 18.9 Å². The zero-order valence-corrected chi connectivity index (χ0v) is 13.4. The van der Waals surface area contributed by atoms with Crippen molar-refractivity contribution in [1.82, 2.24) is 0 Å². The number of anilines is 1. The number of furan rings is 1. The maximum absolute atomic E-state index is 11.8. The quantitative estimate of drug-likeness (QED) is 0.238. The first-order valence-electron chi connectivity index (χ1n) is 7.51. The van der Waals surface area contributed by atoms with Crippen molar-refractivity contribution >= 4 is 23.6 Å². The Morgan fingerprint density at radius 2 is 1.85 bits per heavy atom. The van der Waals surface area contributed by atoms with Crippen LogP contribution in [0.2, 0.25) is 0 Å². The lowest BCUT2D eigenvalue weighted by Gasteiger charge is -2.02. The van der Waals surface area contributed by atoms with Gasteiger partial charge >= 0.3 is 5.97 Å². The van der Waals surface area contributed by atoms with E-state index in [2.05, 4.69) is 10.5 Å². The normalized spacial score (nSPS) is 10.6. The molecule has 1 N–H and O–H groups in total. The summed E-state index contributed by atoms with van der Waals surface area (Å²) in [6.45, 7) is 0. The summed E-state index contributed by atoms with van der Waals surface area (Å²) in [5.41, 5.74) is 4.18. The van der Waals surface area contributed by atoms with E-state index in [1.807, 2.05) is 0 Å². The molecule has 8 heteroatoms. The van der Waals surface area contributed by atoms with Crippen LogP contribution in [-0.4, -0.2) is 17.1 Å². The molecule has 0 aliphatic rings. The van der Waals surface area contributed by atoms with E-state index in [1.54, 1.807) is 48.7 Å². The number of nitrogens with one attached hydrogen (secondary N) is 1. The van der Waals surface area contributed by atoms with E-state index in [-0.39, 0.29) is 11.4 Å². The Labute approximate surface area is 147 Å². The van der Waals surface area contributed by atoms with Crippen LogP contribution in [0.25, 0.3) is 0 Å². The predicted octanol–water partition coefficient (Wildman–Crippen LogP) is 3.85. The highest BCUT2D eigenvalue weighted by Crippen LogP contribution is 2.16. The van der Waals surface area contributed by atoms with Gasteiger partial charge in [0.1, 0.15) is 5.75 Å². The van der Waals surface area contributed by atoms with Gasteiger partial charge in [0.15, 0.2) is 0 Å². The van der Waals surface area contributed by atoms with Crippen molar-refractivity contribution in [3.8, 4) is 5.75 Å². The van der Waals surface area contributed by atoms with E-state index in [1.165, 1.54) is 24.5 Å². The topological polar surface area (TPSA) is 107 Å². The third-order valence-corrected chi connectivity index (χ3v) is 3.30. The lowest BCUT2D eigenvalue weighted by Crippen LogP contribution is -2.07. The number of carbonyl (C=O) groups is 1. The number of rotatable bonds is 6. The van der Waals surface area contributed by atoms with Crippen LogP contribution < -0.4 is 10.2 Å². The minimum atomic E-state index is -0.573. The summed E-state index contributed by atoms with van der Waals surface area (Å²) in [4.78, 5) is 21.9. The van der Waals surface area contributed by atoms with E-state index < -0.39 is 10.9 Å². The second-order valence-corrected chi connectivity index (χ2v) is 5.11. The van der Waals surface area contributed by atoms with Gasteiger partial charge in [-0.1, -0.05) is 0 Å². The van der Waals surface area contributed by atoms with Crippen molar-refractivity contribution in [2.75, 3.05) is 5.43 Å². The third-order valence-electron chi connectivity index (χ3n) is 3.30. The first-order chi connectivity index (χ1) is 12.6. The summed E-state index contributed by atoms with van der Waals surface area (Å²) < 4.78 is 10.1. The number of carbonyl (C=O) groups excluding carboxylic acids is 1. The van der Waals surface area contributed by atoms with Crippen LogP contribution in [-0.2, 0) is 0 Å². The molecule has 26 heavy (non-hydrogen) atoms. The summed E-state index contributed by atoms with van der Waals surface area (Å²) in [7, 11) is 0. The standard InChI is InChI=1S/C18H13N3O5/c22-18(17-2-1-11-25-17)26-16-9-3-13(4-10-16)12-19-20-14-5-7-15(8-6-14)21(23)24/h1-12,20H. The fourth-order valence-electron chi connectivity index (χ4n) is 2.01. The SMILES string of the molecule is O=C(Oc1ccc(C=NNc2ccc([N+](=O)[O-])cc2)cc1)c1ccco1. The average Bonchev–Trinajstić information content (AvgIpc) is 3.18. The van der Waals surface area contributed by atoms with Gasteiger partial charge in [-0.05, 0) is 54.1 Å². The lowest BCUT2D eigenvalue weighted by atomic mass is 10.2. The molecule has 0 aliphatic heterocycles. The molecule has 0 saturated heterocycles. The number of nitro benzene ring substituents is 1. The van der Waals surface area contributed by atoms with Gasteiger partial charge in [-0.25, -0.2) is 4.79 Å². The van der Waals surface area contributed by atoms with E-state index in [0.29, 0.717) is 11.4 Å². The minimum absolute atomic E-state index is 0.0132. The highest BCUT2D eigenvalue weighted by molar-refractivity contribution is 5.88. The maximum atomic E-state index is 11.8. The molecule has 1 aromatic heterocycles. The smallest absolute Gasteiger partial charge is 0.379 e. The van der Waals surface area contributed by atoms with Gasteiger partial charge in [-0.2, -0.15) is 5.10 Å². The number of ether oxygens (including phenoxy) is 1. The first-order valence-corrected chi connectivity index (χ1v) is 7.51. The Bertz CT molecular complexity index is 916. The van der Waals surface area contributed by atoms with Gasteiger partial charge in [0, 0.05) is 12.1 Å². The van der Waals surface area contributed by atoms with Gasteiger partial charge in [0.05, 0.1) is 23.1 Å². The van der Waals surface area contributed by atoms with Crippen LogP contribution in [0.15, 0.2) is 76.4 Å². The molecule has 3 aromatic rings. The van der Waals surface area contributed by atoms with Crippen molar-refractivity contribution in [3.05, 3.63) is 88.4 Å². The average molecular weight is 351 g/mol. The zero-order valence-electron chi connectivity index (χ0n) is 13.4. The molecular formula is C18H13N3O5. The van der Waals surface area contributed by atoms with Crippen LogP contribution in [0.5, 0.6) is 5.75 Å². The summed E-state index contributed by atoms with van der Waals surface area (Å²) in [6.07, 6.45) is 2.97. The van der Waals surface area contributed by atoms with Gasteiger partial charge in [-0.15, -0.1) is 0 Å². The highest BCUT2D eigenvalue weighted by Gasteiger charge is 2.10. The van der Waals surface area contributed by atoms with Crippen molar-refractivity contribution in [2.45, 2.75) is 0 Å². The van der Waals surface area contributed by atoms with Crippen molar-refractivity contribution in [1.29, 1.82) is 0 Å². The molecular weight excluding hydrogens is 338 g/mol. The second kappa shape index (κ2) is 7.75. The van der Waals surface area contributed by atoms with Crippen LogP contribution >= 0.6 is 0 Å². The van der Waals surface area contributed by atoms with E-state index in [4.69, 9.17) is 9.15 Å². The molecule has 0 bridgehead atoms. The first kappa shape index (κ1) is 16.9. The fraction of sp³-hybridized carbons (Fsp3) is 0. The predicted molar refractivity (Wildman–Crippen MR) is 94.4 cm³/mol. The Morgan fingerprint density at radius 3 is 2.46 bits per heavy atom. The molecule has 0 spiro atoms. The second-order valence-electron chi connectivity index (χ2n) is 5.11. The molecule has 1 heterocycles. The molecule has 0 atom stereocenters. The zero-order chi connectivity index (χ0) is 18.4. The Kier molecular flexibility index (Phi) is 5.04. The van der Waals surface area contributed by atoms with Crippen molar-refractivity contribution in [2.24, 2.45) is 5.10 Å². The Morgan fingerprint density at radius 1 is 1.12 bits per heavy atom. The van der Waals surface area contributed by atoms with Crippen LogP contribution in [0.1, 0.15) is 16.1 Å². The molecule has 2 aromatic carbocycles. The molecule has 8 nitrogen and oxygen atoms in total. The summed E-state index contributed by atoms with van der Waals surface area (Å²) in [5, 5.41) is 14.6. The Hall–Kier alpha value is -3.94. The molecule has 0 aliphatic carbocycles. The molecule has 0 saturated carbocycles. The number of benzene rings is 2. The molecule has 0 unspecified atom stereocenters. The number of nitro groups is 1. The molecule has 0 radical (unpaired) electrons. The highest BCUT2D eigenvalue weighted by atomic mass is 16.6. The van der Waals surface area contributed by atoms with Crippen molar-refractivity contribution in [3.63, 3.8) is 0 Å². The van der Waals surface area contributed by atoms with E-state index in [9.17, 15) is 14.9 Å². The molecule has 3 rings (SSSR count). The molecule has 0 amide bonds. The number of hydrogen-bond acceptors (Lipinski definition) is 7. The summed E-state index contributed by atoms with van der Waals surface area (Å²) in [6, 6.07) is 15.8. The largest absolute Gasteiger partial charge is 0.457 e. The number of non-ortho nitro benzene ring substituents is 1. The monoisotopic (exact) mass is 351 g/mol. The third kappa shape index (κ3) is 4.32. The number of esters is 1. The Balaban J connectivity index is 1.56. The lowest BCUT2D eigenvalue weighted by molar-refractivity contribution is -0.384. The van der Waals surface area contributed by atoms with Gasteiger partial charge in [0.25, 0.3) is 5.69 Å². The number of nitrogens with zero attached hydrogens (tertiary/aromatic N) is 2. The maximum Gasteiger partial charge on any atom is 0.379 e. The van der Waals surface area contributed by atoms with Gasteiger partial charge < -0.3 is 9.15 Å². The number of hydrogen-bond donors (Lipinski definition) is 1. The van der Waals surface area contributed by atoms with Gasteiger partial charge in [-0.3, -0.25) is 15.5 Å². The molecule has 0 fully saturated rings. The van der Waals surface area contributed by atoms with E-state index in [0.717, 1.165) is 5.56 Å². The summed E-state index contributed by atoms with van der Waals surface area (Å²) >= 11 is 0. The van der Waals surface area contributed by atoms with Crippen LogP contribution in [0.3, 0.4) is 0 Å².